The molecule has 1 aromatic heterocycles. The fourth-order valence-corrected chi connectivity index (χ4v) is 3.09. The van der Waals surface area contributed by atoms with Crippen molar-refractivity contribution in [3.63, 3.8) is 0 Å². The summed E-state index contributed by atoms with van der Waals surface area (Å²) in [4.78, 5) is 17.8. The zero-order valence-corrected chi connectivity index (χ0v) is 14.3. The number of hydrogen-bond acceptors (Lipinski definition) is 2. The molecule has 2 heterocycles. The molecule has 0 bridgehead atoms. The van der Waals surface area contributed by atoms with Gasteiger partial charge >= 0.3 is 6.18 Å². The molecule has 3 rings (SSSR count). The van der Waals surface area contributed by atoms with Gasteiger partial charge in [0.1, 0.15) is 11.7 Å². The van der Waals surface area contributed by atoms with Crippen molar-refractivity contribution in [1.29, 1.82) is 0 Å². The Morgan fingerprint density at radius 1 is 1.27 bits per heavy atom. The van der Waals surface area contributed by atoms with Crippen molar-refractivity contribution in [2.45, 2.75) is 25.9 Å². The lowest BCUT2D eigenvalue weighted by atomic mass is 10.0. The minimum atomic E-state index is -4.61. The van der Waals surface area contributed by atoms with Crippen LogP contribution in [0.1, 0.15) is 23.1 Å². The molecule has 3 nitrogen and oxygen atoms in total. The van der Waals surface area contributed by atoms with Crippen molar-refractivity contribution in [2.24, 2.45) is 5.92 Å². The van der Waals surface area contributed by atoms with Crippen LogP contribution in [0.25, 0.3) is 6.08 Å². The van der Waals surface area contributed by atoms with E-state index in [4.69, 9.17) is 0 Å². The van der Waals surface area contributed by atoms with E-state index in [2.05, 4.69) is 4.98 Å². The smallest absolute Gasteiger partial charge is 0.296 e. The molecule has 0 saturated heterocycles. The van der Waals surface area contributed by atoms with Crippen LogP contribution in [0, 0.1) is 12.8 Å². The number of halogens is 3. The zero-order chi connectivity index (χ0) is 18.7. The maximum Gasteiger partial charge on any atom is 0.400 e. The van der Waals surface area contributed by atoms with Gasteiger partial charge in [-0.2, -0.15) is 13.2 Å². The van der Waals surface area contributed by atoms with Crippen LogP contribution in [0.15, 0.2) is 48.7 Å². The SMILES string of the molecule is Cc1ccccc1/C=C/C[C@H](C(=O)N1CCc2cccnc21)C(F)(F)F. The lowest BCUT2D eigenvalue weighted by Gasteiger charge is -2.24. The molecule has 1 amide bonds. The van der Waals surface area contributed by atoms with E-state index in [1.807, 2.05) is 31.2 Å². The number of nitrogens with zero attached hydrogens (tertiary/aromatic N) is 2. The molecular weight excluding hydrogens is 341 g/mol. The van der Waals surface area contributed by atoms with Crippen LogP contribution in [0.2, 0.25) is 0 Å². The number of rotatable bonds is 4. The third-order valence-electron chi connectivity index (χ3n) is 4.54. The summed E-state index contributed by atoms with van der Waals surface area (Å²) in [6.07, 6.45) is 0.0784. The topological polar surface area (TPSA) is 33.2 Å². The second-order valence-corrected chi connectivity index (χ2v) is 6.31. The first-order chi connectivity index (χ1) is 12.4. The number of aromatic nitrogens is 1. The standard InChI is InChI=1S/C20H19F3N2O/c1-14-6-2-3-7-15(14)8-4-10-17(20(21,22)23)19(26)25-13-11-16-9-5-12-24-18(16)25/h2-9,12,17H,10-11,13H2,1H3/b8-4+/t17-/m1/s1. The summed E-state index contributed by atoms with van der Waals surface area (Å²) in [7, 11) is 0. The van der Waals surface area contributed by atoms with Crippen LogP contribution in [0.5, 0.6) is 0 Å². The number of benzene rings is 1. The van der Waals surface area contributed by atoms with Gasteiger partial charge < -0.3 is 0 Å². The van der Waals surface area contributed by atoms with E-state index in [-0.39, 0.29) is 6.54 Å². The number of carbonyl (C=O) groups is 1. The summed E-state index contributed by atoms with van der Waals surface area (Å²) >= 11 is 0. The molecule has 0 fully saturated rings. The molecule has 1 aliphatic rings. The Balaban J connectivity index is 1.79. The molecule has 0 spiro atoms. The normalized spacial score (nSPS) is 15.3. The maximum absolute atomic E-state index is 13.5. The second-order valence-electron chi connectivity index (χ2n) is 6.31. The quantitative estimate of drug-likeness (QED) is 0.801. The zero-order valence-electron chi connectivity index (χ0n) is 14.3. The van der Waals surface area contributed by atoms with Gasteiger partial charge in [0.25, 0.3) is 0 Å². The van der Waals surface area contributed by atoms with Gasteiger partial charge in [-0.1, -0.05) is 42.5 Å². The number of pyridine rings is 1. The van der Waals surface area contributed by atoms with Crippen molar-refractivity contribution in [2.75, 3.05) is 11.4 Å². The number of hydrogen-bond donors (Lipinski definition) is 0. The summed E-state index contributed by atoms with van der Waals surface area (Å²) in [5.74, 6) is -2.67. The van der Waals surface area contributed by atoms with Gasteiger partial charge in [0, 0.05) is 12.7 Å². The monoisotopic (exact) mass is 360 g/mol. The Morgan fingerprint density at radius 3 is 2.77 bits per heavy atom. The maximum atomic E-state index is 13.5. The average Bonchev–Trinajstić information content (AvgIpc) is 3.02. The first-order valence-electron chi connectivity index (χ1n) is 8.42. The van der Waals surface area contributed by atoms with Crippen LogP contribution in [-0.4, -0.2) is 23.6 Å². The van der Waals surface area contributed by atoms with Gasteiger partial charge in [-0.05, 0) is 42.5 Å². The summed E-state index contributed by atoms with van der Waals surface area (Å²) in [6.45, 7) is 2.12. The second kappa shape index (κ2) is 7.32. The molecule has 2 aromatic rings. The summed E-state index contributed by atoms with van der Waals surface area (Å²) < 4.78 is 40.5. The highest BCUT2D eigenvalue weighted by molar-refractivity contribution is 5.96. The Bertz CT molecular complexity index is 830. The average molecular weight is 360 g/mol. The molecule has 0 radical (unpaired) electrons. The van der Waals surface area contributed by atoms with E-state index in [1.54, 1.807) is 18.2 Å². The predicted molar refractivity (Wildman–Crippen MR) is 94.7 cm³/mol. The Labute approximate surface area is 150 Å². The Morgan fingerprint density at radius 2 is 2.04 bits per heavy atom. The highest BCUT2D eigenvalue weighted by Crippen LogP contribution is 2.34. The molecular formula is C20H19F3N2O. The summed E-state index contributed by atoms with van der Waals surface area (Å²) in [5.41, 5.74) is 2.61. The van der Waals surface area contributed by atoms with E-state index in [1.165, 1.54) is 12.3 Å². The molecule has 26 heavy (non-hydrogen) atoms. The number of aryl methyl sites for hydroxylation is 1. The van der Waals surface area contributed by atoms with Crippen molar-refractivity contribution < 1.29 is 18.0 Å². The fourth-order valence-electron chi connectivity index (χ4n) is 3.09. The van der Waals surface area contributed by atoms with Crippen LogP contribution in [0.4, 0.5) is 19.0 Å². The molecule has 0 saturated carbocycles. The van der Waals surface area contributed by atoms with Crippen LogP contribution in [-0.2, 0) is 11.2 Å². The van der Waals surface area contributed by atoms with Crippen molar-refractivity contribution >= 4 is 17.8 Å². The van der Waals surface area contributed by atoms with E-state index in [9.17, 15) is 18.0 Å². The Kier molecular flexibility index (Phi) is 5.11. The van der Waals surface area contributed by atoms with E-state index in [0.29, 0.717) is 12.2 Å². The lowest BCUT2D eigenvalue weighted by Crippen LogP contribution is -2.42. The largest absolute Gasteiger partial charge is 0.400 e. The number of anilines is 1. The molecule has 0 N–H and O–H groups in total. The number of allylic oxidation sites excluding steroid dienone is 1. The molecule has 136 valence electrons. The summed E-state index contributed by atoms with van der Waals surface area (Å²) in [6, 6.07) is 10.9. The first-order valence-corrected chi connectivity index (χ1v) is 8.42. The van der Waals surface area contributed by atoms with E-state index >= 15 is 0 Å². The highest BCUT2D eigenvalue weighted by Gasteiger charge is 2.47. The van der Waals surface area contributed by atoms with E-state index < -0.39 is 24.4 Å². The van der Waals surface area contributed by atoms with Crippen molar-refractivity contribution in [3.8, 4) is 0 Å². The third kappa shape index (κ3) is 3.79. The van der Waals surface area contributed by atoms with Crippen molar-refractivity contribution in [3.05, 3.63) is 65.4 Å². The molecule has 1 atom stereocenters. The van der Waals surface area contributed by atoms with Crippen molar-refractivity contribution in [1.82, 2.24) is 4.98 Å². The fraction of sp³-hybridized carbons (Fsp3) is 0.300. The molecule has 1 aliphatic heterocycles. The van der Waals surface area contributed by atoms with Crippen LogP contribution in [0.3, 0.4) is 0 Å². The number of alkyl halides is 3. The minimum Gasteiger partial charge on any atom is -0.296 e. The van der Waals surface area contributed by atoms with Gasteiger partial charge in [-0.15, -0.1) is 0 Å². The molecule has 1 aromatic carbocycles. The Hall–Kier alpha value is -2.63. The number of carbonyl (C=O) groups excluding carboxylic acids is 1. The van der Waals surface area contributed by atoms with Gasteiger partial charge in [0.2, 0.25) is 5.91 Å². The molecule has 0 aliphatic carbocycles. The minimum absolute atomic E-state index is 0.235. The van der Waals surface area contributed by atoms with Crippen LogP contribution >= 0.6 is 0 Å². The van der Waals surface area contributed by atoms with Gasteiger partial charge in [-0.25, -0.2) is 4.98 Å². The number of amides is 1. The lowest BCUT2D eigenvalue weighted by molar-refractivity contribution is -0.180. The van der Waals surface area contributed by atoms with Gasteiger partial charge in [-0.3, -0.25) is 9.69 Å². The van der Waals surface area contributed by atoms with Gasteiger partial charge in [0.05, 0.1) is 0 Å². The predicted octanol–water partition coefficient (Wildman–Crippen LogP) is 4.56. The number of fused-ring (bicyclic) bond motifs is 1. The third-order valence-corrected chi connectivity index (χ3v) is 4.54. The van der Waals surface area contributed by atoms with Gasteiger partial charge in [0.15, 0.2) is 0 Å². The first kappa shape index (κ1) is 18.2. The molecule has 0 unspecified atom stereocenters. The van der Waals surface area contributed by atoms with E-state index in [0.717, 1.165) is 21.6 Å². The van der Waals surface area contributed by atoms with Crippen LogP contribution < -0.4 is 4.90 Å². The summed E-state index contributed by atoms with van der Waals surface area (Å²) in [5, 5.41) is 0. The molecule has 6 heteroatoms. The highest BCUT2D eigenvalue weighted by atomic mass is 19.4.